The van der Waals surface area contributed by atoms with Gasteiger partial charge in [0.25, 0.3) is 0 Å². The molecule has 4 nitrogen and oxygen atoms in total. The molecule has 4 heteroatoms. The molecule has 3 aliphatic carbocycles. The van der Waals surface area contributed by atoms with Gasteiger partial charge in [-0.15, -0.1) is 0 Å². The molecule has 0 spiro atoms. The van der Waals surface area contributed by atoms with E-state index in [1.54, 1.807) is 6.92 Å². The monoisotopic (exact) mass is 404 g/mol. The average Bonchev–Trinajstić information content (AvgIpc) is 2.99. The van der Waals surface area contributed by atoms with Gasteiger partial charge in [-0.25, -0.2) is 0 Å². The summed E-state index contributed by atoms with van der Waals surface area (Å²) in [6, 6.07) is 0. The van der Waals surface area contributed by atoms with E-state index in [2.05, 4.69) is 20.8 Å². The van der Waals surface area contributed by atoms with E-state index in [0.29, 0.717) is 42.3 Å². The summed E-state index contributed by atoms with van der Waals surface area (Å²) < 4.78 is 5.62. The van der Waals surface area contributed by atoms with Crippen molar-refractivity contribution in [3.05, 3.63) is 0 Å². The molecule has 3 saturated carbocycles. The zero-order chi connectivity index (χ0) is 21.4. The second kappa shape index (κ2) is 8.51. The summed E-state index contributed by atoms with van der Waals surface area (Å²) in [4.78, 5) is 36.6. The Morgan fingerprint density at radius 3 is 2.45 bits per heavy atom. The minimum absolute atomic E-state index is 0.0395. The van der Waals surface area contributed by atoms with Crippen LogP contribution in [0.4, 0.5) is 0 Å². The van der Waals surface area contributed by atoms with E-state index in [-0.39, 0.29) is 28.7 Å². The average molecular weight is 405 g/mol. The number of esters is 1. The summed E-state index contributed by atoms with van der Waals surface area (Å²) in [6.45, 7) is 9.80. The molecule has 0 saturated heterocycles. The van der Waals surface area contributed by atoms with Gasteiger partial charge in [-0.2, -0.15) is 0 Å². The van der Waals surface area contributed by atoms with Crippen LogP contribution in [0.25, 0.3) is 0 Å². The largest absolute Gasteiger partial charge is 0.463 e. The minimum Gasteiger partial charge on any atom is -0.463 e. The van der Waals surface area contributed by atoms with Crippen LogP contribution in [0.5, 0.6) is 0 Å². The first-order chi connectivity index (χ1) is 13.7. The highest BCUT2D eigenvalue weighted by Crippen LogP contribution is 2.66. The number of fused-ring (bicyclic) bond motifs is 3. The standard InChI is InChI=1S/C25H40O4/c1-6-13-25(15-11-16(2)26)22-12-14-24(5)20(17(3)29-18(4)27)8-9-21(24)19(22)7-10-23(25)28/h17,19-22H,6-15H2,1-5H3/t17?,19?,20-,21?,22?,24?,25+/m1/s1. The molecule has 0 aliphatic heterocycles. The predicted molar refractivity (Wildman–Crippen MR) is 113 cm³/mol. The summed E-state index contributed by atoms with van der Waals surface area (Å²) in [5.41, 5.74) is -0.0980. The second-order valence-electron chi connectivity index (χ2n) is 10.5. The van der Waals surface area contributed by atoms with Crippen molar-refractivity contribution in [1.29, 1.82) is 0 Å². The Morgan fingerprint density at radius 1 is 1.10 bits per heavy atom. The van der Waals surface area contributed by atoms with Crippen molar-refractivity contribution < 1.29 is 19.1 Å². The maximum absolute atomic E-state index is 13.3. The molecular weight excluding hydrogens is 364 g/mol. The molecule has 0 amide bonds. The number of rotatable bonds is 7. The molecule has 164 valence electrons. The number of ketones is 2. The van der Waals surface area contributed by atoms with Crippen molar-refractivity contribution in [2.45, 2.75) is 105 Å². The van der Waals surface area contributed by atoms with E-state index in [9.17, 15) is 14.4 Å². The summed E-state index contributed by atoms with van der Waals surface area (Å²) >= 11 is 0. The lowest BCUT2D eigenvalue weighted by Crippen LogP contribution is -2.54. The molecule has 0 bridgehead atoms. The number of Topliss-reactive ketones (excluding diaryl/α,β-unsaturated/α-hetero) is 2. The highest BCUT2D eigenvalue weighted by molar-refractivity contribution is 5.87. The second-order valence-corrected chi connectivity index (χ2v) is 10.5. The smallest absolute Gasteiger partial charge is 0.302 e. The summed E-state index contributed by atoms with van der Waals surface area (Å²) in [6.07, 6.45) is 9.31. The first-order valence-electron chi connectivity index (χ1n) is 11.9. The molecule has 0 aromatic carbocycles. The zero-order valence-electron chi connectivity index (χ0n) is 19.1. The van der Waals surface area contributed by atoms with Crippen LogP contribution in [0.1, 0.15) is 98.8 Å². The van der Waals surface area contributed by atoms with Gasteiger partial charge in [0.1, 0.15) is 17.7 Å². The fourth-order valence-electron chi connectivity index (χ4n) is 7.91. The van der Waals surface area contributed by atoms with Gasteiger partial charge in [-0.3, -0.25) is 9.59 Å². The van der Waals surface area contributed by atoms with Crippen molar-refractivity contribution in [1.82, 2.24) is 0 Å². The van der Waals surface area contributed by atoms with Crippen LogP contribution in [0.2, 0.25) is 0 Å². The third-order valence-corrected chi connectivity index (χ3v) is 9.02. The Bertz CT molecular complexity index is 655. The normalized spacial score (nSPS) is 40.1. The van der Waals surface area contributed by atoms with Crippen LogP contribution in [0.3, 0.4) is 0 Å². The lowest BCUT2D eigenvalue weighted by Gasteiger charge is -2.57. The summed E-state index contributed by atoms with van der Waals surface area (Å²) in [5.74, 6) is 2.44. The molecule has 3 rings (SSSR count). The molecule has 0 radical (unpaired) electrons. The van der Waals surface area contributed by atoms with Gasteiger partial charge in [0.2, 0.25) is 0 Å². The van der Waals surface area contributed by atoms with Crippen molar-refractivity contribution in [3.8, 4) is 0 Å². The van der Waals surface area contributed by atoms with E-state index in [1.165, 1.54) is 13.3 Å². The Labute approximate surface area is 176 Å². The van der Waals surface area contributed by atoms with Crippen molar-refractivity contribution in [2.75, 3.05) is 0 Å². The van der Waals surface area contributed by atoms with E-state index in [1.807, 2.05) is 0 Å². The first-order valence-corrected chi connectivity index (χ1v) is 11.9. The maximum Gasteiger partial charge on any atom is 0.302 e. The molecule has 3 fully saturated rings. The van der Waals surface area contributed by atoms with Crippen LogP contribution in [0, 0.1) is 34.5 Å². The van der Waals surface area contributed by atoms with Crippen molar-refractivity contribution in [3.63, 3.8) is 0 Å². The fourth-order valence-corrected chi connectivity index (χ4v) is 7.91. The number of hydrogen-bond acceptors (Lipinski definition) is 4. The van der Waals surface area contributed by atoms with Gasteiger partial charge in [0, 0.05) is 31.1 Å². The zero-order valence-corrected chi connectivity index (χ0v) is 19.1. The Hall–Kier alpha value is -1.19. The van der Waals surface area contributed by atoms with Crippen LogP contribution in [0.15, 0.2) is 0 Å². The van der Waals surface area contributed by atoms with E-state index >= 15 is 0 Å². The highest BCUT2D eigenvalue weighted by Gasteiger charge is 2.61. The Kier molecular flexibility index (Phi) is 6.60. The van der Waals surface area contributed by atoms with E-state index in [4.69, 9.17) is 4.74 Å². The Morgan fingerprint density at radius 2 is 1.83 bits per heavy atom. The van der Waals surface area contributed by atoms with Crippen molar-refractivity contribution >= 4 is 17.5 Å². The van der Waals surface area contributed by atoms with Crippen LogP contribution in [-0.2, 0) is 19.1 Å². The van der Waals surface area contributed by atoms with E-state index < -0.39 is 0 Å². The molecule has 7 atom stereocenters. The topological polar surface area (TPSA) is 60.4 Å². The molecule has 5 unspecified atom stereocenters. The fraction of sp³-hybridized carbons (Fsp3) is 0.880. The molecule has 3 aliphatic rings. The third kappa shape index (κ3) is 3.93. The van der Waals surface area contributed by atoms with Gasteiger partial charge in [0.05, 0.1) is 0 Å². The molecule has 0 heterocycles. The summed E-state index contributed by atoms with van der Waals surface area (Å²) in [5, 5.41) is 0. The third-order valence-electron chi connectivity index (χ3n) is 9.02. The molecule has 29 heavy (non-hydrogen) atoms. The van der Waals surface area contributed by atoms with Crippen LogP contribution in [-0.4, -0.2) is 23.6 Å². The molecule has 0 aromatic rings. The number of hydrogen-bond donors (Lipinski definition) is 0. The van der Waals surface area contributed by atoms with Gasteiger partial charge in [0.15, 0.2) is 0 Å². The number of carbonyl (C=O) groups is 3. The van der Waals surface area contributed by atoms with Crippen LogP contribution < -0.4 is 0 Å². The quantitative estimate of drug-likeness (QED) is 0.525. The van der Waals surface area contributed by atoms with Gasteiger partial charge >= 0.3 is 5.97 Å². The van der Waals surface area contributed by atoms with E-state index in [0.717, 1.165) is 44.9 Å². The highest BCUT2D eigenvalue weighted by atomic mass is 16.5. The number of ether oxygens (including phenoxy) is 1. The minimum atomic E-state index is -0.287. The number of carbonyl (C=O) groups excluding carboxylic acids is 3. The Balaban J connectivity index is 1.87. The van der Waals surface area contributed by atoms with Crippen molar-refractivity contribution in [2.24, 2.45) is 34.5 Å². The SMILES string of the molecule is CCC[C@@]1(CCC(C)=O)C(=O)CCC2C3CC[C@H](C(C)OC(C)=O)C3(C)CCC21. The van der Waals surface area contributed by atoms with Gasteiger partial charge < -0.3 is 9.53 Å². The van der Waals surface area contributed by atoms with Gasteiger partial charge in [-0.05, 0) is 82.0 Å². The lowest BCUT2D eigenvalue weighted by atomic mass is 9.47. The first kappa shape index (κ1) is 22.5. The van der Waals surface area contributed by atoms with Gasteiger partial charge in [-0.1, -0.05) is 20.3 Å². The van der Waals surface area contributed by atoms with Crippen LogP contribution >= 0.6 is 0 Å². The molecular formula is C25H40O4. The maximum atomic E-state index is 13.3. The molecule has 0 N–H and O–H groups in total. The predicted octanol–water partition coefficient (Wildman–Crippen LogP) is 5.52. The molecule has 0 aromatic heterocycles. The summed E-state index contributed by atoms with van der Waals surface area (Å²) in [7, 11) is 0. The lowest BCUT2D eigenvalue weighted by molar-refractivity contribution is -0.158.